The van der Waals surface area contributed by atoms with Gasteiger partial charge in [-0.05, 0) is 44.0 Å². The van der Waals surface area contributed by atoms with Crippen molar-refractivity contribution in [3.63, 3.8) is 0 Å². The molecule has 1 aliphatic rings. The van der Waals surface area contributed by atoms with Crippen molar-refractivity contribution < 1.29 is 9.53 Å². The molecule has 0 aromatic heterocycles. The molecular formula is C23H33ClN4O2S. The predicted octanol–water partition coefficient (Wildman–Crippen LogP) is 4.54. The Kier molecular flexibility index (Phi) is 11.9. The number of hydrogen-bond acceptors (Lipinski definition) is 6. The molecule has 0 atom stereocenters. The summed E-state index contributed by atoms with van der Waals surface area (Å²) in [6.07, 6.45) is 4.17. The quantitative estimate of drug-likeness (QED) is 0.197. The SMILES string of the molecule is C=NS/C(C)=C(\CCc1ccc(CCl)cc1)N=CN(CCCN1CCOCC1)C(C)=O. The first-order chi connectivity index (χ1) is 15.0. The van der Waals surface area contributed by atoms with Gasteiger partial charge < -0.3 is 9.64 Å². The fourth-order valence-electron chi connectivity index (χ4n) is 3.26. The molecule has 0 aliphatic carbocycles. The Balaban J connectivity index is 1.97. The van der Waals surface area contributed by atoms with Crippen LogP contribution in [-0.4, -0.2) is 68.2 Å². The molecule has 1 saturated heterocycles. The second-order valence-corrected chi connectivity index (χ2v) is 8.76. The van der Waals surface area contributed by atoms with Gasteiger partial charge in [-0.1, -0.05) is 24.3 Å². The maximum absolute atomic E-state index is 12.1. The van der Waals surface area contributed by atoms with Crippen molar-refractivity contribution in [3.05, 3.63) is 46.0 Å². The third kappa shape index (κ3) is 9.56. The van der Waals surface area contributed by atoms with Crippen LogP contribution in [0.2, 0.25) is 0 Å². The van der Waals surface area contributed by atoms with Gasteiger partial charge in [0, 0.05) is 55.8 Å². The van der Waals surface area contributed by atoms with E-state index in [-0.39, 0.29) is 5.91 Å². The highest BCUT2D eigenvalue weighted by Gasteiger charge is 2.12. The number of allylic oxidation sites excluding steroid dienone is 2. The third-order valence-corrected chi connectivity index (χ3v) is 6.12. The van der Waals surface area contributed by atoms with Gasteiger partial charge in [-0.15, -0.1) is 11.6 Å². The van der Waals surface area contributed by atoms with Crippen LogP contribution in [0.5, 0.6) is 0 Å². The number of ether oxygens (including phenoxy) is 1. The Morgan fingerprint density at radius 2 is 1.94 bits per heavy atom. The molecule has 1 aromatic carbocycles. The normalized spacial score (nSPS) is 15.7. The number of amides is 1. The molecule has 1 amide bonds. The van der Waals surface area contributed by atoms with Crippen molar-refractivity contribution in [2.24, 2.45) is 9.39 Å². The minimum absolute atomic E-state index is 0.00566. The topological polar surface area (TPSA) is 57.5 Å². The summed E-state index contributed by atoms with van der Waals surface area (Å²) in [5.41, 5.74) is 3.24. The molecule has 0 N–H and O–H groups in total. The molecule has 0 bridgehead atoms. The van der Waals surface area contributed by atoms with Gasteiger partial charge in [-0.3, -0.25) is 9.69 Å². The number of morpholine rings is 1. The summed E-state index contributed by atoms with van der Waals surface area (Å²) in [6.45, 7) is 12.2. The zero-order valence-electron chi connectivity index (χ0n) is 18.6. The number of carbonyl (C=O) groups is 1. The van der Waals surface area contributed by atoms with Crippen LogP contribution in [0.25, 0.3) is 0 Å². The minimum Gasteiger partial charge on any atom is -0.379 e. The van der Waals surface area contributed by atoms with Crippen LogP contribution in [0.15, 0.2) is 44.3 Å². The number of hydrogen-bond donors (Lipinski definition) is 0. The van der Waals surface area contributed by atoms with Crippen LogP contribution in [-0.2, 0) is 21.8 Å². The van der Waals surface area contributed by atoms with Gasteiger partial charge in [0.05, 0.1) is 25.2 Å². The lowest BCUT2D eigenvalue weighted by Crippen LogP contribution is -2.38. The molecule has 2 rings (SSSR count). The summed E-state index contributed by atoms with van der Waals surface area (Å²) in [5, 5.41) is 0. The molecule has 1 aliphatic heterocycles. The highest BCUT2D eigenvalue weighted by atomic mass is 35.5. The van der Waals surface area contributed by atoms with Crippen LogP contribution < -0.4 is 0 Å². The molecule has 6 nitrogen and oxygen atoms in total. The molecule has 1 aromatic rings. The summed E-state index contributed by atoms with van der Waals surface area (Å²) in [4.78, 5) is 21.8. The number of nitrogens with zero attached hydrogens (tertiary/aromatic N) is 4. The maximum Gasteiger partial charge on any atom is 0.224 e. The van der Waals surface area contributed by atoms with E-state index in [1.807, 2.05) is 19.1 Å². The molecule has 8 heteroatoms. The van der Waals surface area contributed by atoms with Crippen LogP contribution in [0, 0.1) is 0 Å². The largest absolute Gasteiger partial charge is 0.379 e. The van der Waals surface area contributed by atoms with Crippen LogP contribution in [0.3, 0.4) is 0 Å². The van der Waals surface area contributed by atoms with E-state index in [1.54, 1.807) is 18.2 Å². The summed E-state index contributed by atoms with van der Waals surface area (Å²) in [7, 11) is 0. The fraction of sp³-hybridized carbons (Fsp3) is 0.522. The van der Waals surface area contributed by atoms with E-state index in [2.05, 4.69) is 33.1 Å². The predicted molar refractivity (Wildman–Crippen MR) is 132 cm³/mol. The highest BCUT2D eigenvalue weighted by molar-refractivity contribution is 8.01. The lowest BCUT2D eigenvalue weighted by molar-refractivity contribution is -0.124. The molecule has 1 fully saturated rings. The first kappa shape index (κ1) is 25.6. The van der Waals surface area contributed by atoms with E-state index in [1.165, 1.54) is 17.5 Å². The lowest BCUT2D eigenvalue weighted by atomic mass is 10.1. The van der Waals surface area contributed by atoms with Crippen molar-refractivity contribution in [2.75, 3.05) is 39.4 Å². The number of benzene rings is 1. The number of halogens is 1. The molecule has 0 unspecified atom stereocenters. The van der Waals surface area contributed by atoms with E-state index in [0.29, 0.717) is 12.4 Å². The standard InChI is InChI=1S/C23H33ClN4O2S/c1-19(31-25-3)23(10-9-21-5-7-22(17-24)8-6-21)26-18-28(20(2)29)12-4-11-27-13-15-30-16-14-27/h5-8,18H,3-4,9-17H2,1-2H3/b23-19+,26-18?. The highest BCUT2D eigenvalue weighted by Crippen LogP contribution is 2.24. The Hall–Kier alpha value is -1.67. The van der Waals surface area contributed by atoms with E-state index >= 15 is 0 Å². The molecule has 1 heterocycles. The van der Waals surface area contributed by atoms with E-state index in [0.717, 1.165) is 68.3 Å². The average Bonchev–Trinajstić information content (AvgIpc) is 2.78. The Bertz CT molecular complexity index is 761. The minimum atomic E-state index is -0.00566. The van der Waals surface area contributed by atoms with Gasteiger partial charge in [0.25, 0.3) is 0 Å². The number of alkyl halides is 1. The smallest absolute Gasteiger partial charge is 0.224 e. The number of aliphatic imine (C=N–C) groups is 1. The second-order valence-electron chi connectivity index (χ2n) is 7.44. The van der Waals surface area contributed by atoms with Gasteiger partial charge in [-0.2, -0.15) is 0 Å². The van der Waals surface area contributed by atoms with Crippen molar-refractivity contribution in [2.45, 2.75) is 39.0 Å². The van der Waals surface area contributed by atoms with Crippen LogP contribution >= 0.6 is 23.5 Å². The van der Waals surface area contributed by atoms with Crippen molar-refractivity contribution in [1.29, 1.82) is 0 Å². The Labute approximate surface area is 195 Å². The van der Waals surface area contributed by atoms with Crippen molar-refractivity contribution >= 4 is 42.5 Å². The van der Waals surface area contributed by atoms with Gasteiger partial charge in [0.1, 0.15) is 0 Å². The van der Waals surface area contributed by atoms with Crippen LogP contribution in [0.4, 0.5) is 0 Å². The summed E-state index contributed by atoms with van der Waals surface area (Å²) in [6, 6.07) is 8.29. The molecular weight excluding hydrogens is 432 g/mol. The van der Waals surface area contributed by atoms with Gasteiger partial charge in [-0.25, -0.2) is 9.39 Å². The van der Waals surface area contributed by atoms with Gasteiger partial charge in [0.15, 0.2) is 0 Å². The molecule has 0 saturated carbocycles. The third-order valence-electron chi connectivity index (χ3n) is 5.17. The zero-order chi connectivity index (χ0) is 22.5. The fourth-order valence-corrected chi connectivity index (χ4v) is 3.90. The van der Waals surface area contributed by atoms with Gasteiger partial charge >= 0.3 is 0 Å². The van der Waals surface area contributed by atoms with E-state index in [9.17, 15) is 4.79 Å². The Morgan fingerprint density at radius 3 is 2.55 bits per heavy atom. The Morgan fingerprint density at radius 1 is 1.26 bits per heavy atom. The molecule has 31 heavy (non-hydrogen) atoms. The van der Waals surface area contributed by atoms with E-state index in [4.69, 9.17) is 16.3 Å². The number of carbonyl (C=O) groups excluding carboxylic acids is 1. The summed E-state index contributed by atoms with van der Waals surface area (Å²) >= 11 is 7.19. The number of aryl methyl sites for hydroxylation is 1. The summed E-state index contributed by atoms with van der Waals surface area (Å²) < 4.78 is 9.31. The average molecular weight is 465 g/mol. The van der Waals surface area contributed by atoms with Crippen molar-refractivity contribution in [1.82, 2.24) is 9.80 Å². The maximum atomic E-state index is 12.1. The van der Waals surface area contributed by atoms with E-state index < -0.39 is 0 Å². The monoisotopic (exact) mass is 464 g/mol. The number of rotatable bonds is 12. The van der Waals surface area contributed by atoms with Crippen molar-refractivity contribution in [3.8, 4) is 0 Å². The summed E-state index contributed by atoms with van der Waals surface area (Å²) in [5.74, 6) is 0.511. The molecule has 0 radical (unpaired) electrons. The first-order valence-electron chi connectivity index (χ1n) is 10.6. The molecule has 170 valence electrons. The first-order valence-corrected chi connectivity index (χ1v) is 11.9. The molecule has 0 spiro atoms. The lowest BCUT2D eigenvalue weighted by Gasteiger charge is -2.27. The van der Waals surface area contributed by atoms with Gasteiger partial charge in [0.2, 0.25) is 5.91 Å². The zero-order valence-corrected chi connectivity index (χ0v) is 20.1. The second kappa shape index (κ2) is 14.4. The van der Waals surface area contributed by atoms with Crippen LogP contribution in [0.1, 0.15) is 37.8 Å².